The molecule has 4 N–H and O–H groups in total. The molecular formula is C24H31FN4O4. The summed E-state index contributed by atoms with van der Waals surface area (Å²) >= 11 is 0. The minimum atomic E-state index is -0.725. The SMILES string of the molecule is COc1cccc(CC(=O)NC(=N)N[C@H](CC(C)C)C(=O)NCc2ccc(F)c(OC)c2)c1. The quantitative estimate of drug-likeness (QED) is 0.323. The summed E-state index contributed by atoms with van der Waals surface area (Å²) in [6, 6.07) is 10.7. The minimum absolute atomic E-state index is 0.0642. The number of nitrogens with one attached hydrogen (secondary N) is 4. The molecule has 0 aliphatic carbocycles. The third-order valence-corrected chi connectivity index (χ3v) is 4.79. The van der Waals surface area contributed by atoms with E-state index in [1.807, 2.05) is 13.8 Å². The van der Waals surface area contributed by atoms with Crippen molar-refractivity contribution in [2.24, 2.45) is 5.92 Å². The molecule has 0 fully saturated rings. The number of carbonyl (C=O) groups excluding carboxylic acids is 2. The fraction of sp³-hybridized carbons (Fsp3) is 0.375. The molecule has 0 aliphatic rings. The van der Waals surface area contributed by atoms with E-state index >= 15 is 0 Å². The molecule has 2 aromatic carbocycles. The second kappa shape index (κ2) is 12.4. The first-order valence-electron chi connectivity index (χ1n) is 10.6. The molecule has 2 rings (SSSR count). The molecule has 9 heteroatoms. The lowest BCUT2D eigenvalue weighted by atomic mass is 10.0. The van der Waals surface area contributed by atoms with Crippen LogP contribution in [0.25, 0.3) is 0 Å². The summed E-state index contributed by atoms with van der Waals surface area (Å²) in [6.07, 6.45) is 0.515. The second-order valence-electron chi connectivity index (χ2n) is 7.96. The van der Waals surface area contributed by atoms with Crippen molar-refractivity contribution in [3.63, 3.8) is 0 Å². The van der Waals surface area contributed by atoms with E-state index in [0.717, 1.165) is 5.56 Å². The Morgan fingerprint density at radius 3 is 2.48 bits per heavy atom. The van der Waals surface area contributed by atoms with Gasteiger partial charge in [-0.15, -0.1) is 0 Å². The van der Waals surface area contributed by atoms with Gasteiger partial charge in [0.1, 0.15) is 11.8 Å². The maximum absolute atomic E-state index is 13.6. The van der Waals surface area contributed by atoms with Gasteiger partial charge in [-0.1, -0.05) is 32.0 Å². The molecule has 178 valence electrons. The first-order chi connectivity index (χ1) is 15.7. The predicted octanol–water partition coefficient (Wildman–Crippen LogP) is 2.76. The van der Waals surface area contributed by atoms with E-state index in [1.165, 1.54) is 19.2 Å². The van der Waals surface area contributed by atoms with E-state index in [2.05, 4.69) is 16.0 Å². The molecule has 0 aromatic heterocycles. The van der Waals surface area contributed by atoms with E-state index in [1.54, 1.807) is 37.4 Å². The molecule has 2 amide bonds. The first-order valence-corrected chi connectivity index (χ1v) is 10.6. The van der Waals surface area contributed by atoms with Gasteiger partial charge >= 0.3 is 0 Å². The summed E-state index contributed by atoms with van der Waals surface area (Å²) in [7, 11) is 2.92. The lowest BCUT2D eigenvalue weighted by Gasteiger charge is -2.21. The smallest absolute Gasteiger partial charge is 0.242 e. The largest absolute Gasteiger partial charge is 0.497 e. The lowest BCUT2D eigenvalue weighted by molar-refractivity contribution is -0.123. The van der Waals surface area contributed by atoms with Crippen LogP contribution < -0.4 is 25.4 Å². The Balaban J connectivity index is 1.94. The first kappa shape index (κ1) is 25.6. The van der Waals surface area contributed by atoms with Crippen molar-refractivity contribution in [2.75, 3.05) is 14.2 Å². The van der Waals surface area contributed by atoms with Crippen LogP contribution >= 0.6 is 0 Å². The summed E-state index contributed by atoms with van der Waals surface area (Å²) in [5.74, 6) is -0.557. The van der Waals surface area contributed by atoms with Gasteiger partial charge < -0.3 is 20.1 Å². The van der Waals surface area contributed by atoms with Crippen molar-refractivity contribution in [2.45, 2.75) is 39.3 Å². The van der Waals surface area contributed by atoms with Crippen LogP contribution in [0.3, 0.4) is 0 Å². The van der Waals surface area contributed by atoms with Crippen molar-refractivity contribution >= 4 is 17.8 Å². The average Bonchev–Trinajstić information content (AvgIpc) is 2.77. The van der Waals surface area contributed by atoms with Gasteiger partial charge in [-0.05, 0) is 47.7 Å². The van der Waals surface area contributed by atoms with Crippen LogP contribution in [0.1, 0.15) is 31.4 Å². The lowest BCUT2D eigenvalue weighted by Crippen LogP contribution is -2.52. The zero-order valence-corrected chi connectivity index (χ0v) is 19.3. The Morgan fingerprint density at radius 2 is 1.82 bits per heavy atom. The second-order valence-corrected chi connectivity index (χ2v) is 7.96. The summed E-state index contributed by atoms with van der Waals surface area (Å²) < 4.78 is 23.7. The van der Waals surface area contributed by atoms with Crippen LogP contribution in [0, 0.1) is 17.1 Å². The fourth-order valence-electron chi connectivity index (χ4n) is 3.19. The van der Waals surface area contributed by atoms with Gasteiger partial charge in [-0.3, -0.25) is 20.3 Å². The van der Waals surface area contributed by atoms with Crippen LogP contribution in [-0.4, -0.2) is 38.0 Å². The van der Waals surface area contributed by atoms with Gasteiger partial charge in [0, 0.05) is 6.54 Å². The van der Waals surface area contributed by atoms with E-state index in [4.69, 9.17) is 14.9 Å². The molecule has 2 aromatic rings. The maximum Gasteiger partial charge on any atom is 0.242 e. The van der Waals surface area contributed by atoms with E-state index in [9.17, 15) is 14.0 Å². The molecular weight excluding hydrogens is 427 g/mol. The van der Waals surface area contributed by atoms with Crippen LogP contribution in [0.2, 0.25) is 0 Å². The Morgan fingerprint density at radius 1 is 1.06 bits per heavy atom. The van der Waals surface area contributed by atoms with Crippen LogP contribution in [0.4, 0.5) is 4.39 Å². The summed E-state index contributed by atoms with van der Waals surface area (Å²) in [5.41, 5.74) is 1.41. The Labute approximate surface area is 193 Å². The van der Waals surface area contributed by atoms with Crippen molar-refractivity contribution in [3.05, 3.63) is 59.4 Å². The Hall–Kier alpha value is -3.62. The van der Waals surface area contributed by atoms with Crippen molar-refractivity contribution in [3.8, 4) is 11.5 Å². The Bertz CT molecular complexity index is 981. The van der Waals surface area contributed by atoms with Gasteiger partial charge in [0.05, 0.1) is 20.6 Å². The number of methoxy groups -OCH3 is 2. The van der Waals surface area contributed by atoms with E-state index in [-0.39, 0.29) is 42.4 Å². The molecule has 33 heavy (non-hydrogen) atoms. The summed E-state index contributed by atoms with van der Waals surface area (Å²) in [6.45, 7) is 4.08. The highest BCUT2D eigenvalue weighted by atomic mass is 19.1. The molecule has 0 heterocycles. The van der Waals surface area contributed by atoms with Gasteiger partial charge in [0.15, 0.2) is 17.5 Å². The van der Waals surface area contributed by atoms with Gasteiger partial charge in [0.2, 0.25) is 11.8 Å². The standard InChI is InChI=1S/C24H31FN4O4/c1-15(2)10-20(23(31)27-14-17-8-9-19(25)21(12-17)33-4)28-24(26)29-22(30)13-16-6-5-7-18(11-16)32-3/h5-9,11-12,15,20H,10,13-14H2,1-4H3,(H,27,31)(H3,26,28,29,30)/t20-/m1/s1. The topological polar surface area (TPSA) is 113 Å². The van der Waals surface area contributed by atoms with Crippen LogP contribution in [-0.2, 0) is 22.6 Å². The van der Waals surface area contributed by atoms with E-state index in [0.29, 0.717) is 17.7 Å². The normalized spacial score (nSPS) is 11.5. The molecule has 0 bridgehead atoms. The molecule has 0 spiro atoms. The molecule has 8 nitrogen and oxygen atoms in total. The number of benzene rings is 2. The van der Waals surface area contributed by atoms with Crippen molar-refractivity contribution in [1.29, 1.82) is 5.41 Å². The molecule has 1 atom stereocenters. The molecule has 0 saturated heterocycles. The minimum Gasteiger partial charge on any atom is -0.497 e. The third kappa shape index (κ3) is 8.44. The number of hydrogen-bond acceptors (Lipinski definition) is 5. The van der Waals surface area contributed by atoms with Gasteiger partial charge in [-0.25, -0.2) is 4.39 Å². The third-order valence-electron chi connectivity index (χ3n) is 4.79. The highest BCUT2D eigenvalue weighted by Gasteiger charge is 2.21. The molecule has 0 radical (unpaired) electrons. The number of halogens is 1. The maximum atomic E-state index is 13.6. The summed E-state index contributed by atoms with van der Waals surface area (Å²) in [5, 5.41) is 16.1. The number of guanidine groups is 1. The van der Waals surface area contributed by atoms with Crippen molar-refractivity contribution < 1.29 is 23.5 Å². The van der Waals surface area contributed by atoms with Crippen LogP contribution in [0.15, 0.2) is 42.5 Å². The number of ether oxygens (including phenoxy) is 2. The zero-order valence-electron chi connectivity index (χ0n) is 19.3. The van der Waals surface area contributed by atoms with E-state index < -0.39 is 11.9 Å². The monoisotopic (exact) mass is 458 g/mol. The number of carbonyl (C=O) groups is 2. The summed E-state index contributed by atoms with van der Waals surface area (Å²) in [4.78, 5) is 25.1. The van der Waals surface area contributed by atoms with Crippen LogP contribution in [0.5, 0.6) is 11.5 Å². The average molecular weight is 459 g/mol. The highest BCUT2D eigenvalue weighted by molar-refractivity contribution is 5.98. The fourth-order valence-corrected chi connectivity index (χ4v) is 3.19. The van der Waals surface area contributed by atoms with Gasteiger partial charge in [0.25, 0.3) is 0 Å². The molecule has 0 saturated carbocycles. The number of hydrogen-bond donors (Lipinski definition) is 4. The highest BCUT2D eigenvalue weighted by Crippen LogP contribution is 2.18. The number of amides is 2. The predicted molar refractivity (Wildman–Crippen MR) is 124 cm³/mol. The number of rotatable bonds is 10. The van der Waals surface area contributed by atoms with Crippen molar-refractivity contribution in [1.82, 2.24) is 16.0 Å². The zero-order chi connectivity index (χ0) is 24.4. The molecule has 0 aliphatic heterocycles. The van der Waals surface area contributed by atoms with Gasteiger partial charge in [-0.2, -0.15) is 0 Å². The Kier molecular flexibility index (Phi) is 9.65. The molecule has 0 unspecified atom stereocenters.